The van der Waals surface area contributed by atoms with Crippen LogP contribution in [0.1, 0.15) is 31.4 Å². The molecular formula is C17H20O3. The summed E-state index contributed by atoms with van der Waals surface area (Å²) in [5.74, 6) is 0.786. The van der Waals surface area contributed by atoms with E-state index in [1.165, 1.54) is 0 Å². The monoisotopic (exact) mass is 272 g/mol. The Hall–Kier alpha value is -1.58. The SMILES string of the molecule is C[C@@H](O)c1ccc2ccccc2c1OCC1CCCO1. The van der Waals surface area contributed by atoms with Gasteiger partial charge >= 0.3 is 0 Å². The fraction of sp³-hybridized carbons (Fsp3) is 0.412. The minimum atomic E-state index is -0.542. The standard InChI is InChI=1S/C17H20O3/c1-12(18)15-9-8-13-5-2-3-7-16(13)17(15)20-11-14-6-4-10-19-14/h2-3,5,7-9,12,14,18H,4,6,10-11H2,1H3/t12-,14?/m1/s1. The molecule has 3 nitrogen and oxygen atoms in total. The third-order valence-corrected chi connectivity index (χ3v) is 3.80. The lowest BCUT2D eigenvalue weighted by Crippen LogP contribution is -2.17. The van der Waals surface area contributed by atoms with Crippen molar-refractivity contribution in [3.63, 3.8) is 0 Å². The van der Waals surface area contributed by atoms with Gasteiger partial charge in [-0.2, -0.15) is 0 Å². The molecule has 2 aromatic rings. The van der Waals surface area contributed by atoms with Crippen LogP contribution in [0.25, 0.3) is 10.8 Å². The van der Waals surface area contributed by atoms with Crippen molar-refractivity contribution in [3.05, 3.63) is 42.0 Å². The maximum Gasteiger partial charge on any atom is 0.133 e. The molecule has 0 aliphatic carbocycles. The Kier molecular flexibility index (Phi) is 3.90. The van der Waals surface area contributed by atoms with Gasteiger partial charge in [-0.3, -0.25) is 0 Å². The van der Waals surface area contributed by atoms with Crippen LogP contribution in [0.4, 0.5) is 0 Å². The number of hydrogen-bond donors (Lipinski definition) is 1. The summed E-state index contributed by atoms with van der Waals surface area (Å²) in [6, 6.07) is 12.1. The Morgan fingerprint density at radius 2 is 2.15 bits per heavy atom. The predicted molar refractivity (Wildman–Crippen MR) is 79.1 cm³/mol. The van der Waals surface area contributed by atoms with Gasteiger partial charge in [0.1, 0.15) is 12.4 Å². The van der Waals surface area contributed by atoms with E-state index in [-0.39, 0.29) is 6.10 Å². The molecule has 20 heavy (non-hydrogen) atoms. The highest BCUT2D eigenvalue weighted by Crippen LogP contribution is 2.34. The maximum absolute atomic E-state index is 9.94. The quantitative estimate of drug-likeness (QED) is 0.926. The zero-order chi connectivity index (χ0) is 13.9. The van der Waals surface area contributed by atoms with Crippen molar-refractivity contribution in [2.24, 2.45) is 0 Å². The predicted octanol–water partition coefficient (Wildman–Crippen LogP) is 3.45. The first kappa shape index (κ1) is 13.4. The zero-order valence-corrected chi connectivity index (χ0v) is 11.7. The molecule has 3 rings (SSSR count). The number of ether oxygens (including phenoxy) is 2. The number of aliphatic hydroxyl groups is 1. The van der Waals surface area contributed by atoms with Gasteiger partial charge in [0.15, 0.2) is 0 Å². The largest absolute Gasteiger partial charge is 0.490 e. The number of aliphatic hydroxyl groups excluding tert-OH is 1. The van der Waals surface area contributed by atoms with Crippen LogP contribution in [-0.4, -0.2) is 24.4 Å². The van der Waals surface area contributed by atoms with Crippen LogP contribution in [0.2, 0.25) is 0 Å². The molecule has 1 N–H and O–H groups in total. The molecule has 0 bridgehead atoms. The fourth-order valence-corrected chi connectivity index (χ4v) is 2.70. The van der Waals surface area contributed by atoms with Gasteiger partial charge in [0.25, 0.3) is 0 Å². The Labute approximate surface area is 119 Å². The van der Waals surface area contributed by atoms with Gasteiger partial charge in [-0.05, 0) is 25.2 Å². The minimum absolute atomic E-state index is 0.177. The van der Waals surface area contributed by atoms with Crippen LogP contribution in [0.5, 0.6) is 5.75 Å². The topological polar surface area (TPSA) is 38.7 Å². The highest BCUT2D eigenvalue weighted by Gasteiger charge is 2.19. The molecule has 0 aromatic heterocycles. The molecular weight excluding hydrogens is 252 g/mol. The second-order valence-electron chi connectivity index (χ2n) is 5.33. The Balaban J connectivity index is 1.94. The number of fused-ring (bicyclic) bond motifs is 1. The molecule has 1 heterocycles. The lowest BCUT2D eigenvalue weighted by atomic mass is 10.0. The van der Waals surface area contributed by atoms with Gasteiger partial charge in [-0.25, -0.2) is 0 Å². The van der Waals surface area contributed by atoms with Crippen molar-refractivity contribution in [1.29, 1.82) is 0 Å². The summed E-state index contributed by atoms with van der Waals surface area (Å²) in [5.41, 5.74) is 0.835. The second kappa shape index (κ2) is 5.81. The minimum Gasteiger partial charge on any atom is -0.490 e. The molecule has 0 amide bonds. The van der Waals surface area contributed by atoms with E-state index in [2.05, 4.69) is 6.07 Å². The molecule has 0 saturated carbocycles. The molecule has 1 aliphatic heterocycles. The van der Waals surface area contributed by atoms with Crippen LogP contribution in [0.3, 0.4) is 0 Å². The van der Waals surface area contributed by atoms with Crippen LogP contribution in [0.15, 0.2) is 36.4 Å². The van der Waals surface area contributed by atoms with E-state index in [4.69, 9.17) is 9.47 Å². The van der Waals surface area contributed by atoms with Gasteiger partial charge in [0.05, 0.1) is 12.2 Å². The summed E-state index contributed by atoms with van der Waals surface area (Å²) in [7, 11) is 0. The molecule has 2 atom stereocenters. The van der Waals surface area contributed by atoms with Crippen LogP contribution in [-0.2, 0) is 4.74 Å². The molecule has 0 spiro atoms. The Morgan fingerprint density at radius 1 is 1.30 bits per heavy atom. The Bertz CT molecular complexity index is 586. The van der Waals surface area contributed by atoms with Crippen LogP contribution >= 0.6 is 0 Å². The fourth-order valence-electron chi connectivity index (χ4n) is 2.70. The van der Waals surface area contributed by atoms with Crippen molar-refractivity contribution in [2.75, 3.05) is 13.2 Å². The zero-order valence-electron chi connectivity index (χ0n) is 11.7. The van der Waals surface area contributed by atoms with Gasteiger partial charge in [-0.15, -0.1) is 0 Å². The molecule has 1 fully saturated rings. The molecule has 1 aliphatic rings. The molecule has 3 heteroatoms. The van der Waals surface area contributed by atoms with Gasteiger partial charge in [-0.1, -0.05) is 36.4 Å². The first-order chi connectivity index (χ1) is 9.75. The third kappa shape index (κ3) is 2.65. The van der Waals surface area contributed by atoms with E-state index in [0.717, 1.165) is 41.5 Å². The third-order valence-electron chi connectivity index (χ3n) is 3.80. The van der Waals surface area contributed by atoms with Crippen molar-refractivity contribution in [1.82, 2.24) is 0 Å². The lowest BCUT2D eigenvalue weighted by molar-refractivity contribution is 0.0670. The number of rotatable bonds is 4. The molecule has 0 radical (unpaired) electrons. The molecule has 1 saturated heterocycles. The van der Waals surface area contributed by atoms with E-state index < -0.39 is 6.10 Å². The van der Waals surface area contributed by atoms with E-state index in [9.17, 15) is 5.11 Å². The molecule has 1 unspecified atom stereocenters. The number of benzene rings is 2. The first-order valence-electron chi connectivity index (χ1n) is 7.20. The lowest BCUT2D eigenvalue weighted by Gasteiger charge is -2.18. The highest BCUT2D eigenvalue weighted by atomic mass is 16.5. The highest BCUT2D eigenvalue weighted by molar-refractivity contribution is 5.89. The van der Waals surface area contributed by atoms with E-state index in [0.29, 0.717) is 6.61 Å². The van der Waals surface area contributed by atoms with Crippen molar-refractivity contribution >= 4 is 10.8 Å². The Morgan fingerprint density at radius 3 is 2.90 bits per heavy atom. The van der Waals surface area contributed by atoms with Crippen molar-refractivity contribution < 1.29 is 14.6 Å². The van der Waals surface area contributed by atoms with E-state index in [1.54, 1.807) is 6.92 Å². The summed E-state index contributed by atoms with van der Waals surface area (Å²) in [6.45, 7) is 3.14. The number of hydrogen-bond acceptors (Lipinski definition) is 3. The van der Waals surface area contributed by atoms with Crippen LogP contribution < -0.4 is 4.74 Å². The molecule has 2 aromatic carbocycles. The summed E-state index contributed by atoms with van der Waals surface area (Å²) < 4.78 is 11.6. The molecule has 106 valence electrons. The first-order valence-corrected chi connectivity index (χ1v) is 7.20. The van der Waals surface area contributed by atoms with Crippen molar-refractivity contribution in [2.45, 2.75) is 32.0 Å². The van der Waals surface area contributed by atoms with Gasteiger partial charge in [0.2, 0.25) is 0 Å². The average Bonchev–Trinajstić information content (AvgIpc) is 2.97. The van der Waals surface area contributed by atoms with Gasteiger partial charge < -0.3 is 14.6 Å². The van der Waals surface area contributed by atoms with Crippen LogP contribution in [0, 0.1) is 0 Å². The normalized spacial score (nSPS) is 20.2. The second-order valence-corrected chi connectivity index (χ2v) is 5.33. The summed E-state index contributed by atoms with van der Waals surface area (Å²) >= 11 is 0. The van der Waals surface area contributed by atoms with E-state index in [1.807, 2.05) is 30.3 Å². The summed E-state index contributed by atoms with van der Waals surface area (Å²) in [4.78, 5) is 0. The maximum atomic E-state index is 9.94. The summed E-state index contributed by atoms with van der Waals surface area (Å²) in [6.07, 6.45) is 1.79. The van der Waals surface area contributed by atoms with Gasteiger partial charge in [0, 0.05) is 17.6 Å². The summed E-state index contributed by atoms with van der Waals surface area (Å²) in [5, 5.41) is 12.1. The van der Waals surface area contributed by atoms with Crippen molar-refractivity contribution in [3.8, 4) is 5.75 Å². The van der Waals surface area contributed by atoms with E-state index >= 15 is 0 Å². The smallest absolute Gasteiger partial charge is 0.133 e. The average molecular weight is 272 g/mol.